The van der Waals surface area contributed by atoms with Crippen LogP contribution in [0.2, 0.25) is 5.02 Å². The van der Waals surface area contributed by atoms with Crippen molar-refractivity contribution in [3.8, 4) is 0 Å². The molecule has 29 heavy (non-hydrogen) atoms. The van der Waals surface area contributed by atoms with Gasteiger partial charge in [0.1, 0.15) is 11.1 Å². The van der Waals surface area contributed by atoms with E-state index >= 15 is 0 Å². The molecule has 0 bridgehead atoms. The van der Waals surface area contributed by atoms with Gasteiger partial charge < -0.3 is 10.1 Å². The van der Waals surface area contributed by atoms with Gasteiger partial charge >= 0.3 is 5.97 Å². The van der Waals surface area contributed by atoms with Crippen molar-refractivity contribution in [2.24, 2.45) is 5.92 Å². The third-order valence-electron chi connectivity index (χ3n) is 3.95. The first-order valence-electron chi connectivity index (χ1n) is 9.50. The molecule has 1 amide bonds. The number of esters is 1. The van der Waals surface area contributed by atoms with Crippen LogP contribution in [-0.2, 0) is 9.53 Å². The Balaban J connectivity index is 2.20. The fourth-order valence-electron chi connectivity index (χ4n) is 2.48. The summed E-state index contributed by atoms with van der Waals surface area (Å²) in [7, 11) is 0. The first-order valence-corrected chi connectivity index (χ1v) is 10.8. The molecule has 2 aromatic carbocycles. The molecule has 0 aliphatic heterocycles. The normalized spacial score (nSPS) is 11.9. The Labute approximate surface area is 180 Å². The molecule has 2 rings (SSSR count). The monoisotopic (exact) mass is 437 g/mol. The molecule has 0 aromatic heterocycles. The molecule has 4 nitrogen and oxygen atoms in total. The van der Waals surface area contributed by atoms with Gasteiger partial charge in [0.2, 0.25) is 0 Å². The second kappa shape index (κ2) is 11.2. The second-order valence-electron chi connectivity index (χ2n) is 7.00. The van der Waals surface area contributed by atoms with Gasteiger partial charge in [0, 0.05) is 10.5 Å². The highest BCUT2D eigenvalue weighted by Crippen LogP contribution is 2.36. The molecule has 1 unspecified atom stereocenters. The number of nitrogens with one attached hydrogen (secondary N) is 1. The van der Waals surface area contributed by atoms with Crippen LogP contribution in [0.3, 0.4) is 0 Å². The van der Waals surface area contributed by atoms with Gasteiger partial charge in [-0.1, -0.05) is 57.0 Å². The second-order valence-corrected chi connectivity index (χ2v) is 8.65. The van der Waals surface area contributed by atoms with E-state index in [1.54, 1.807) is 30.3 Å². The average Bonchev–Trinajstić information content (AvgIpc) is 2.69. The molecule has 156 valence electrons. The summed E-state index contributed by atoms with van der Waals surface area (Å²) in [5.74, 6) is -1.15. The lowest BCUT2D eigenvalue weighted by Crippen LogP contribution is -2.22. The zero-order valence-electron chi connectivity index (χ0n) is 16.7. The van der Waals surface area contributed by atoms with Crippen LogP contribution in [0.5, 0.6) is 0 Å². The SMILES string of the molecule is CCCC(Sc1cc(NC(=O)c2ccccc2)c(F)cc1Cl)C(=O)OCC(C)C. The van der Waals surface area contributed by atoms with E-state index in [0.717, 1.165) is 12.5 Å². The number of carbonyl (C=O) groups is 2. The molecule has 0 fully saturated rings. The predicted molar refractivity (Wildman–Crippen MR) is 116 cm³/mol. The molecule has 0 heterocycles. The van der Waals surface area contributed by atoms with Crippen LogP contribution < -0.4 is 5.32 Å². The van der Waals surface area contributed by atoms with Crippen LogP contribution in [0.15, 0.2) is 47.4 Å². The molecule has 2 aromatic rings. The number of anilines is 1. The lowest BCUT2D eigenvalue weighted by molar-refractivity contribution is -0.144. The Morgan fingerprint density at radius 3 is 2.52 bits per heavy atom. The Kier molecular flexibility index (Phi) is 8.99. The van der Waals surface area contributed by atoms with Gasteiger partial charge in [-0.2, -0.15) is 0 Å². The highest BCUT2D eigenvalue weighted by molar-refractivity contribution is 8.00. The van der Waals surface area contributed by atoms with E-state index in [-0.39, 0.29) is 22.6 Å². The molecule has 1 atom stereocenters. The summed E-state index contributed by atoms with van der Waals surface area (Å²) < 4.78 is 19.7. The molecule has 0 saturated carbocycles. The fraction of sp³-hybridized carbons (Fsp3) is 0.364. The Morgan fingerprint density at radius 1 is 1.21 bits per heavy atom. The zero-order chi connectivity index (χ0) is 21.4. The third kappa shape index (κ3) is 7.05. The van der Waals surface area contributed by atoms with Crippen molar-refractivity contribution in [1.29, 1.82) is 0 Å². The molecule has 0 spiro atoms. The van der Waals surface area contributed by atoms with E-state index in [1.807, 2.05) is 20.8 Å². The first kappa shape index (κ1) is 23.2. The standard InChI is InChI=1S/C22H25ClFNO3S/c1-4-8-19(22(27)28-13-14(2)3)29-20-12-18(17(24)11-16(20)23)25-21(26)15-9-6-5-7-10-15/h5-7,9-12,14,19H,4,8,13H2,1-3H3,(H,25,26). The number of halogens is 2. The van der Waals surface area contributed by atoms with Gasteiger partial charge in [-0.3, -0.25) is 9.59 Å². The van der Waals surface area contributed by atoms with E-state index in [1.165, 1.54) is 17.8 Å². The van der Waals surface area contributed by atoms with Gasteiger partial charge in [0.15, 0.2) is 0 Å². The maximum atomic E-state index is 14.4. The number of hydrogen-bond acceptors (Lipinski definition) is 4. The average molecular weight is 438 g/mol. The number of rotatable bonds is 9. The van der Waals surface area contributed by atoms with E-state index in [4.69, 9.17) is 16.3 Å². The summed E-state index contributed by atoms with van der Waals surface area (Å²) in [6.07, 6.45) is 1.38. The molecule has 0 aliphatic rings. The lowest BCUT2D eigenvalue weighted by atomic mass is 10.2. The summed E-state index contributed by atoms with van der Waals surface area (Å²) in [4.78, 5) is 25.3. The number of benzene rings is 2. The van der Waals surface area contributed by atoms with Crippen molar-refractivity contribution in [3.05, 3.63) is 58.9 Å². The minimum absolute atomic E-state index is 0.0107. The molecule has 0 radical (unpaired) electrons. The first-order chi connectivity index (χ1) is 13.8. The number of carbonyl (C=O) groups excluding carboxylic acids is 2. The molecule has 7 heteroatoms. The highest BCUT2D eigenvalue weighted by atomic mass is 35.5. The van der Waals surface area contributed by atoms with Crippen molar-refractivity contribution < 1.29 is 18.7 Å². The molecular weight excluding hydrogens is 413 g/mol. The summed E-state index contributed by atoms with van der Waals surface area (Å²) in [6.45, 7) is 6.25. The van der Waals surface area contributed by atoms with Gasteiger partial charge in [0.25, 0.3) is 5.91 Å². The predicted octanol–water partition coefficient (Wildman–Crippen LogP) is 6.19. The van der Waals surface area contributed by atoms with Gasteiger partial charge in [-0.05, 0) is 36.6 Å². The largest absolute Gasteiger partial charge is 0.465 e. The molecule has 1 N–H and O–H groups in total. The highest BCUT2D eigenvalue weighted by Gasteiger charge is 2.23. The Bertz CT molecular complexity index is 845. The number of thioether (sulfide) groups is 1. The summed E-state index contributed by atoms with van der Waals surface area (Å²) in [5.41, 5.74) is 0.425. The molecular formula is C22H25ClFNO3S. The van der Waals surface area contributed by atoms with Crippen LogP contribution in [-0.4, -0.2) is 23.7 Å². The maximum Gasteiger partial charge on any atom is 0.319 e. The van der Waals surface area contributed by atoms with E-state index in [2.05, 4.69) is 5.32 Å². The van der Waals surface area contributed by atoms with E-state index in [9.17, 15) is 14.0 Å². The van der Waals surface area contributed by atoms with E-state index in [0.29, 0.717) is 23.5 Å². The van der Waals surface area contributed by atoms with Crippen LogP contribution >= 0.6 is 23.4 Å². The molecule has 0 aliphatic carbocycles. The van der Waals surface area contributed by atoms with Gasteiger partial charge in [-0.25, -0.2) is 4.39 Å². The van der Waals surface area contributed by atoms with Crippen molar-refractivity contribution >= 4 is 40.9 Å². The zero-order valence-corrected chi connectivity index (χ0v) is 18.3. The third-order valence-corrected chi connectivity index (χ3v) is 5.68. The Morgan fingerprint density at radius 2 is 1.90 bits per heavy atom. The van der Waals surface area contributed by atoms with Gasteiger partial charge in [0.05, 0.1) is 17.3 Å². The summed E-state index contributed by atoms with van der Waals surface area (Å²) in [6, 6.07) is 11.1. The molecule has 0 saturated heterocycles. The fourth-order valence-corrected chi connectivity index (χ4v) is 3.95. The maximum absolute atomic E-state index is 14.4. The smallest absolute Gasteiger partial charge is 0.319 e. The quantitative estimate of drug-likeness (QED) is 0.375. The van der Waals surface area contributed by atoms with Crippen LogP contribution in [0, 0.1) is 11.7 Å². The minimum Gasteiger partial charge on any atom is -0.465 e. The number of amides is 1. The number of ether oxygens (including phenoxy) is 1. The number of hydrogen-bond donors (Lipinski definition) is 1. The summed E-state index contributed by atoms with van der Waals surface area (Å²) in [5, 5.41) is 2.29. The summed E-state index contributed by atoms with van der Waals surface area (Å²) >= 11 is 7.43. The van der Waals surface area contributed by atoms with Gasteiger partial charge in [-0.15, -0.1) is 11.8 Å². The lowest BCUT2D eigenvalue weighted by Gasteiger charge is -2.17. The topological polar surface area (TPSA) is 55.4 Å². The van der Waals surface area contributed by atoms with Crippen LogP contribution in [0.1, 0.15) is 44.0 Å². The minimum atomic E-state index is -0.641. The van der Waals surface area contributed by atoms with Crippen molar-refractivity contribution in [2.75, 3.05) is 11.9 Å². The van der Waals surface area contributed by atoms with Crippen molar-refractivity contribution in [2.45, 2.75) is 43.8 Å². The van der Waals surface area contributed by atoms with Crippen molar-refractivity contribution in [3.63, 3.8) is 0 Å². The van der Waals surface area contributed by atoms with Crippen LogP contribution in [0.25, 0.3) is 0 Å². The van der Waals surface area contributed by atoms with Crippen molar-refractivity contribution in [1.82, 2.24) is 0 Å². The van der Waals surface area contributed by atoms with Crippen LogP contribution in [0.4, 0.5) is 10.1 Å². The Hall–Kier alpha value is -2.05. The van der Waals surface area contributed by atoms with E-state index < -0.39 is 17.0 Å².